The Morgan fingerprint density at radius 2 is 2.00 bits per heavy atom. The van der Waals surface area contributed by atoms with Gasteiger partial charge in [-0.3, -0.25) is 15.1 Å². The van der Waals surface area contributed by atoms with Crippen LogP contribution in [-0.4, -0.2) is 24.7 Å². The molecule has 0 amide bonds. The monoisotopic (exact) mass is 441 g/mol. The average molecular weight is 442 g/mol. The van der Waals surface area contributed by atoms with Crippen molar-refractivity contribution in [2.75, 3.05) is 19.0 Å². The van der Waals surface area contributed by atoms with E-state index in [9.17, 15) is 18.0 Å². The number of thioether (sulfide) groups is 1. The molecule has 1 aliphatic rings. The smallest absolute Gasteiger partial charge is 0.416 e. The highest BCUT2D eigenvalue weighted by Gasteiger charge is 2.31. The van der Waals surface area contributed by atoms with Gasteiger partial charge in [-0.15, -0.1) is 11.8 Å². The van der Waals surface area contributed by atoms with E-state index >= 15 is 0 Å². The van der Waals surface area contributed by atoms with Crippen LogP contribution in [0, 0.1) is 5.92 Å². The number of rotatable bonds is 11. The molecule has 30 heavy (non-hydrogen) atoms. The van der Waals surface area contributed by atoms with Crippen LogP contribution in [0.2, 0.25) is 0 Å². The Balaban J connectivity index is 1.97. The summed E-state index contributed by atoms with van der Waals surface area (Å²) in [6.45, 7) is 10.0. The highest BCUT2D eigenvalue weighted by atomic mass is 32.2. The predicted octanol–water partition coefficient (Wildman–Crippen LogP) is 5.68. The van der Waals surface area contributed by atoms with E-state index in [1.165, 1.54) is 23.9 Å². The fourth-order valence-corrected chi connectivity index (χ4v) is 4.10. The van der Waals surface area contributed by atoms with Crippen LogP contribution < -0.4 is 5.48 Å². The van der Waals surface area contributed by atoms with Crippen molar-refractivity contribution in [3.8, 4) is 0 Å². The summed E-state index contributed by atoms with van der Waals surface area (Å²) in [5, 5.41) is 0. The number of benzene rings is 1. The van der Waals surface area contributed by atoms with Crippen molar-refractivity contribution in [3.63, 3.8) is 0 Å². The van der Waals surface area contributed by atoms with Crippen LogP contribution in [0.5, 0.6) is 0 Å². The SMILES string of the molecule is C=CCOC1=C(C(=C)NOCC)C(=O)CC(CCSc2ccc(C(F)(F)F)cc2)C1. The third-order valence-electron chi connectivity index (χ3n) is 4.50. The second kappa shape index (κ2) is 11.3. The van der Waals surface area contributed by atoms with Gasteiger partial charge in [0.25, 0.3) is 0 Å². The fourth-order valence-electron chi connectivity index (χ4n) is 3.08. The minimum atomic E-state index is -4.33. The number of Topliss-reactive ketones (excluding diaryl/α,β-unsaturated/α-hetero) is 1. The van der Waals surface area contributed by atoms with E-state index in [0.717, 1.165) is 23.4 Å². The highest BCUT2D eigenvalue weighted by Crippen LogP contribution is 2.35. The summed E-state index contributed by atoms with van der Waals surface area (Å²) in [5.74, 6) is 1.27. The molecule has 0 fully saturated rings. The van der Waals surface area contributed by atoms with E-state index in [0.29, 0.717) is 42.2 Å². The molecule has 0 saturated heterocycles. The molecule has 0 spiro atoms. The van der Waals surface area contributed by atoms with Crippen LogP contribution in [0.1, 0.15) is 31.7 Å². The molecule has 1 atom stereocenters. The van der Waals surface area contributed by atoms with Gasteiger partial charge in [0.1, 0.15) is 12.4 Å². The Morgan fingerprint density at radius 1 is 1.30 bits per heavy atom. The number of ether oxygens (including phenoxy) is 1. The van der Waals surface area contributed by atoms with E-state index in [1.807, 2.05) is 6.92 Å². The molecule has 0 aliphatic heterocycles. The number of ketones is 1. The minimum absolute atomic E-state index is 0.0676. The van der Waals surface area contributed by atoms with Gasteiger partial charge in [0.05, 0.1) is 23.4 Å². The van der Waals surface area contributed by atoms with Crippen LogP contribution in [0.4, 0.5) is 13.2 Å². The second-order valence-corrected chi connectivity index (χ2v) is 7.94. The molecule has 1 N–H and O–H groups in total. The van der Waals surface area contributed by atoms with Gasteiger partial charge in [0.2, 0.25) is 0 Å². The van der Waals surface area contributed by atoms with Crippen molar-refractivity contribution in [2.45, 2.75) is 37.3 Å². The summed E-state index contributed by atoms with van der Waals surface area (Å²) in [6.07, 6.45) is -1.06. The summed E-state index contributed by atoms with van der Waals surface area (Å²) in [4.78, 5) is 18.6. The Labute approximate surface area is 179 Å². The topological polar surface area (TPSA) is 47.6 Å². The van der Waals surface area contributed by atoms with Crippen molar-refractivity contribution in [3.05, 3.63) is 66.1 Å². The molecule has 1 aromatic rings. The molecule has 0 aromatic heterocycles. The summed E-state index contributed by atoms with van der Waals surface area (Å²) < 4.78 is 43.7. The third kappa shape index (κ3) is 6.95. The number of carbonyl (C=O) groups excluding carboxylic acids is 1. The van der Waals surface area contributed by atoms with Gasteiger partial charge < -0.3 is 4.74 Å². The normalized spacial score (nSPS) is 17.1. The van der Waals surface area contributed by atoms with E-state index < -0.39 is 11.7 Å². The largest absolute Gasteiger partial charge is 0.493 e. The lowest BCUT2D eigenvalue weighted by Gasteiger charge is -2.27. The lowest BCUT2D eigenvalue weighted by atomic mass is 9.84. The number of alkyl halides is 3. The maximum absolute atomic E-state index is 12.7. The maximum Gasteiger partial charge on any atom is 0.416 e. The van der Waals surface area contributed by atoms with Gasteiger partial charge in [-0.25, -0.2) is 0 Å². The zero-order chi connectivity index (χ0) is 22.1. The fraction of sp³-hybridized carbons (Fsp3) is 0.409. The van der Waals surface area contributed by atoms with Gasteiger partial charge >= 0.3 is 6.18 Å². The number of carbonyl (C=O) groups is 1. The number of hydrogen-bond donors (Lipinski definition) is 1. The number of halogens is 3. The standard InChI is InChI=1S/C22H26F3NO3S/c1-4-11-28-20-14-16(13-19(27)21(20)15(3)26-29-5-2)10-12-30-18-8-6-17(7-9-18)22(23,24)25/h4,6-9,16,26H,1,3,5,10-14H2,2H3. The van der Waals surface area contributed by atoms with Gasteiger partial charge in [0, 0.05) is 17.7 Å². The summed E-state index contributed by atoms with van der Waals surface area (Å²) >= 11 is 1.47. The molecular weight excluding hydrogens is 415 g/mol. The zero-order valence-electron chi connectivity index (χ0n) is 16.9. The lowest BCUT2D eigenvalue weighted by molar-refractivity contribution is -0.137. The quantitative estimate of drug-likeness (QED) is 0.272. The third-order valence-corrected chi connectivity index (χ3v) is 5.54. The van der Waals surface area contributed by atoms with Crippen molar-refractivity contribution in [2.24, 2.45) is 5.92 Å². The molecule has 1 unspecified atom stereocenters. The molecule has 2 rings (SSSR count). The lowest BCUT2D eigenvalue weighted by Crippen LogP contribution is -2.27. The highest BCUT2D eigenvalue weighted by molar-refractivity contribution is 7.99. The summed E-state index contributed by atoms with van der Waals surface area (Å²) in [5.41, 5.74) is 2.80. The van der Waals surface area contributed by atoms with Crippen molar-refractivity contribution >= 4 is 17.5 Å². The Kier molecular flexibility index (Phi) is 9.05. The first-order chi connectivity index (χ1) is 14.3. The first-order valence-corrected chi connectivity index (χ1v) is 10.6. The Morgan fingerprint density at radius 3 is 2.60 bits per heavy atom. The van der Waals surface area contributed by atoms with Crippen LogP contribution in [0.15, 0.2) is 65.4 Å². The average Bonchev–Trinajstić information content (AvgIpc) is 2.70. The van der Waals surface area contributed by atoms with Crippen LogP contribution >= 0.6 is 11.8 Å². The van der Waals surface area contributed by atoms with Crippen LogP contribution in [-0.2, 0) is 20.5 Å². The molecule has 1 aromatic carbocycles. The number of hydrogen-bond acceptors (Lipinski definition) is 5. The minimum Gasteiger partial charge on any atom is -0.493 e. The molecule has 0 saturated carbocycles. The molecule has 0 bridgehead atoms. The van der Waals surface area contributed by atoms with E-state index in [4.69, 9.17) is 9.57 Å². The van der Waals surface area contributed by atoms with Crippen molar-refractivity contribution < 1.29 is 27.5 Å². The summed E-state index contributed by atoms with van der Waals surface area (Å²) in [7, 11) is 0. The summed E-state index contributed by atoms with van der Waals surface area (Å²) in [6, 6.07) is 5.11. The number of hydroxylamine groups is 1. The van der Waals surface area contributed by atoms with Gasteiger partial charge in [-0.2, -0.15) is 13.2 Å². The maximum atomic E-state index is 12.7. The van der Waals surface area contributed by atoms with Crippen LogP contribution in [0.3, 0.4) is 0 Å². The van der Waals surface area contributed by atoms with Crippen molar-refractivity contribution in [1.82, 2.24) is 5.48 Å². The molecule has 164 valence electrons. The first-order valence-electron chi connectivity index (χ1n) is 9.63. The van der Waals surface area contributed by atoms with Gasteiger partial charge in [-0.1, -0.05) is 19.2 Å². The molecule has 0 heterocycles. The Hall–Kier alpha value is -2.19. The molecule has 8 heteroatoms. The van der Waals surface area contributed by atoms with E-state index in [2.05, 4.69) is 18.6 Å². The number of nitrogens with one attached hydrogen (secondary N) is 1. The van der Waals surface area contributed by atoms with E-state index in [-0.39, 0.29) is 18.3 Å². The van der Waals surface area contributed by atoms with Gasteiger partial charge in [-0.05, 0) is 49.3 Å². The van der Waals surface area contributed by atoms with Gasteiger partial charge in [0.15, 0.2) is 5.78 Å². The molecule has 0 radical (unpaired) electrons. The molecular formula is C22H26F3NO3S. The predicted molar refractivity (Wildman–Crippen MR) is 112 cm³/mol. The van der Waals surface area contributed by atoms with Crippen molar-refractivity contribution in [1.29, 1.82) is 0 Å². The molecule has 4 nitrogen and oxygen atoms in total. The van der Waals surface area contributed by atoms with Crippen LogP contribution in [0.25, 0.3) is 0 Å². The second-order valence-electron chi connectivity index (χ2n) is 6.77. The Bertz CT molecular complexity index is 788. The molecule has 1 aliphatic carbocycles. The van der Waals surface area contributed by atoms with E-state index in [1.54, 1.807) is 6.08 Å². The zero-order valence-corrected chi connectivity index (χ0v) is 17.7. The number of allylic oxidation sites excluding steroid dienone is 2. The first kappa shape index (κ1) is 24.1.